The lowest BCUT2D eigenvalue weighted by Gasteiger charge is -2.06. The van der Waals surface area contributed by atoms with E-state index in [4.69, 9.17) is 4.74 Å². The van der Waals surface area contributed by atoms with E-state index >= 15 is 0 Å². The molecule has 0 radical (unpaired) electrons. The molecule has 0 aromatic carbocycles. The minimum absolute atomic E-state index is 0.0165. The quantitative estimate of drug-likeness (QED) is 0.147. The first kappa shape index (κ1) is 26.5. The van der Waals surface area contributed by atoms with Gasteiger partial charge in [-0.3, -0.25) is 4.79 Å². The van der Waals surface area contributed by atoms with Crippen LogP contribution in [0.15, 0.2) is 0 Å². The number of ether oxygens (including phenoxy) is 1. The maximum absolute atomic E-state index is 11.7. The third-order valence-electron chi connectivity index (χ3n) is 5.42. The Bertz CT molecular complexity index is 299. The molecule has 27 heavy (non-hydrogen) atoms. The molecule has 2 heteroatoms. The summed E-state index contributed by atoms with van der Waals surface area (Å²) in [6.07, 6.45) is 24.1. The zero-order valence-corrected chi connectivity index (χ0v) is 19.0. The van der Waals surface area contributed by atoms with Crippen molar-refractivity contribution in [2.45, 2.75) is 143 Å². The number of esters is 1. The first-order chi connectivity index (χ1) is 13.2. The molecule has 0 saturated carbocycles. The van der Waals surface area contributed by atoms with Gasteiger partial charge in [0.15, 0.2) is 0 Å². The van der Waals surface area contributed by atoms with Crippen LogP contribution in [0.3, 0.4) is 0 Å². The summed E-state index contributed by atoms with van der Waals surface area (Å²) in [6, 6.07) is 0. The van der Waals surface area contributed by atoms with E-state index in [9.17, 15) is 4.79 Å². The fourth-order valence-electron chi connectivity index (χ4n) is 3.55. The average molecular weight is 383 g/mol. The molecule has 0 atom stereocenters. The van der Waals surface area contributed by atoms with Crippen LogP contribution in [0.25, 0.3) is 0 Å². The van der Waals surface area contributed by atoms with Crippen LogP contribution in [0.2, 0.25) is 0 Å². The van der Waals surface area contributed by atoms with E-state index in [1.54, 1.807) is 0 Å². The van der Waals surface area contributed by atoms with Crippen molar-refractivity contribution in [1.82, 2.24) is 0 Å². The van der Waals surface area contributed by atoms with E-state index in [2.05, 4.69) is 20.8 Å². The van der Waals surface area contributed by atoms with Gasteiger partial charge >= 0.3 is 5.97 Å². The Labute approximate surface area is 171 Å². The molecular weight excluding hydrogens is 332 g/mol. The SMILES string of the molecule is CCCCCCCCCCCCCC(=O)OCCCCCCCCC(C)C. The molecule has 0 aromatic heterocycles. The van der Waals surface area contributed by atoms with Crippen molar-refractivity contribution in [1.29, 1.82) is 0 Å². The molecule has 0 aliphatic heterocycles. The summed E-state index contributed by atoms with van der Waals surface area (Å²) in [7, 11) is 0. The van der Waals surface area contributed by atoms with Crippen molar-refractivity contribution in [2.75, 3.05) is 6.61 Å². The van der Waals surface area contributed by atoms with Gasteiger partial charge in [-0.05, 0) is 18.8 Å². The Morgan fingerprint density at radius 1 is 0.630 bits per heavy atom. The first-order valence-corrected chi connectivity index (χ1v) is 12.3. The van der Waals surface area contributed by atoms with Crippen LogP contribution in [0.5, 0.6) is 0 Å². The molecule has 0 N–H and O–H groups in total. The Balaban J connectivity index is 3.15. The summed E-state index contributed by atoms with van der Waals surface area (Å²) in [5.74, 6) is 0.854. The molecule has 0 spiro atoms. The monoisotopic (exact) mass is 382 g/mol. The molecule has 0 aliphatic rings. The van der Waals surface area contributed by atoms with Crippen molar-refractivity contribution in [3.8, 4) is 0 Å². The molecule has 0 fully saturated rings. The number of rotatable bonds is 21. The summed E-state index contributed by atoms with van der Waals surface area (Å²) in [6.45, 7) is 7.49. The van der Waals surface area contributed by atoms with Crippen LogP contribution < -0.4 is 0 Å². The van der Waals surface area contributed by atoms with Gasteiger partial charge in [-0.1, -0.05) is 124 Å². The molecule has 0 aliphatic carbocycles. The lowest BCUT2D eigenvalue weighted by molar-refractivity contribution is -0.143. The molecule has 2 nitrogen and oxygen atoms in total. The maximum Gasteiger partial charge on any atom is 0.305 e. The average Bonchev–Trinajstić information content (AvgIpc) is 2.64. The number of unbranched alkanes of at least 4 members (excludes halogenated alkanes) is 15. The fourth-order valence-corrected chi connectivity index (χ4v) is 3.55. The van der Waals surface area contributed by atoms with Gasteiger partial charge in [0, 0.05) is 6.42 Å². The summed E-state index contributed by atoms with van der Waals surface area (Å²) in [5, 5.41) is 0. The van der Waals surface area contributed by atoms with Crippen LogP contribution >= 0.6 is 0 Å². The normalized spacial score (nSPS) is 11.3. The minimum atomic E-state index is 0.0165. The van der Waals surface area contributed by atoms with Gasteiger partial charge in [0.2, 0.25) is 0 Å². The van der Waals surface area contributed by atoms with E-state index in [0.717, 1.165) is 18.8 Å². The van der Waals surface area contributed by atoms with E-state index in [0.29, 0.717) is 13.0 Å². The van der Waals surface area contributed by atoms with Crippen molar-refractivity contribution >= 4 is 5.97 Å². The lowest BCUT2D eigenvalue weighted by atomic mass is 10.0. The van der Waals surface area contributed by atoms with Gasteiger partial charge in [0.25, 0.3) is 0 Å². The predicted octanol–water partition coefficient (Wildman–Crippen LogP) is 8.62. The second kappa shape index (κ2) is 21.8. The van der Waals surface area contributed by atoms with Gasteiger partial charge in [-0.15, -0.1) is 0 Å². The highest BCUT2D eigenvalue weighted by Crippen LogP contribution is 2.13. The highest BCUT2D eigenvalue weighted by Gasteiger charge is 2.02. The van der Waals surface area contributed by atoms with Crippen LogP contribution in [0, 0.1) is 5.92 Å². The van der Waals surface area contributed by atoms with Gasteiger partial charge in [0.1, 0.15) is 0 Å². The van der Waals surface area contributed by atoms with Crippen LogP contribution in [-0.2, 0) is 9.53 Å². The second-order valence-electron chi connectivity index (χ2n) is 8.81. The number of carbonyl (C=O) groups is 1. The summed E-state index contributed by atoms with van der Waals surface area (Å²) in [4.78, 5) is 11.7. The molecule has 0 bridgehead atoms. The Morgan fingerprint density at radius 2 is 1.07 bits per heavy atom. The van der Waals surface area contributed by atoms with Crippen molar-refractivity contribution < 1.29 is 9.53 Å². The lowest BCUT2D eigenvalue weighted by Crippen LogP contribution is -2.05. The molecule has 0 aromatic rings. The van der Waals surface area contributed by atoms with Crippen molar-refractivity contribution in [3.63, 3.8) is 0 Å². The molecule has 0 saturated heterocycles. The van der Waals surface area contributed by atoms with Crippen molar-refractivity contribution in [2.24, 2.45) is 5.92 Å². The second-order valence-corrected chi connectivity index (χ2v) is 8.81. The highest BCUT2D eigenvalue weighted by atomic mass is 16.5. The highest BCUT2D eigenvalue weighted by molar-refractivity contribution is 5.69. The smallest absolute Gasteiger partial charge is 0.305 e. The van der Waals surface area contributed by atoms with Gasteiger partial charge in [-0.25, -0.2) is 0 Å². The van der Waals surface area contributed by atoms with E-state index in [1.165, 1.54) is 103 Å². The van der Waals surface area contributed by atoms with Crippen LogP contribution in [0.1, 0.15) is 143 Å². The molecule has 0 heterocycles. The molecule has 0 rings (SSSR count). The standard InChI is InChI=1S/C25H50O2/c1-4-5-6-7-8-9-10-11-12-16-19-22-25(26)27-23-20-17-14-13-15-18-21-24(2)3/h24H,4-23H2,1-3H3. The molecule has 0 unspecified atom stereocenters. The zero-order valence-electron chi connectivity index (χ0n) is 19.0. The number of hydrogen-bond donors (Lipinski definition) is 0. The Morgan fingerprint density at radius 3 is 1.59 bits per heavy atom. The largest absolute Gasteiger partial charge is 0.466 e. The molecule has 0 amide bonds. The van der Waals surface area contributed by atoms with Gasteiger partial charge in [0.05, 0.1) is 6.61 Å². The first-order valence-electron chi connectivity index (χ1n) is 12.3. The minimum Gasteiger partial charge on any atom is -0.466 e. The van der Waals surface area contributed by atoms with E-state index in [-0.39, 0.29) is 5.97 Å². The predicted molar refractivity (Wildman–Crippen MR) is 119 cm³/mol. The number of hydrogen-bond acceptors (Lipinski definition) is 2. The topological polar surface area (TPSA) is 26.3 Å². The number of carbonyl (C=O) groups excluding carboxylic acids is 1. The summed E-state index contributed by atoms with van der Waals surface area (Å²) < 4.78 is 5.35. The van der Waals surface area contributed by atoms with E-state index < -0.39 is 0 Å². The van der Waals surface area contributed by atoms with Crippen LogP contribution in [-0.4, -0.2) is 12.6 Å². The fraction of sp³-hybridized carbons (Fsp3) is 0.960. The summed E-state index contributed by atoms with van der Waals surface area (Å²) in [5.41, 5.74) is 0. The van der Waals surface area contributed by atoms with E-state index in [1.807, 2.05) is 0 Å². The van der Waals surface area contributed by atoms with Gasteiger partial charge < -0.3 is 4.74 Å². The zero-order chi connectivity index (χ0) is 20.0. The Kier molecular flexibility index (Phi) is 21.3. The third-order valence-corrected chi connectivity index (χ3v) is 5.42. The molecule has 162 valence electrons. The third kappa shape index (κ3) is 23.4. The maximum atomic E-state index is 11.7. The van der Waals surface area contributed by atoms with Crippen molar-refractivity contribution in [3.05, 3.63) is 0 Å². The summed E-state index contributed by atoms with van der Waals surface area (Å²) >= 11 is 0. The van der Waals surface area contributed by atoms with Gasteiger partial charge in [-0.2, -0.15) is 0 Å². The molecular formula is C25H50O2. The Hall–Kier alpha value is -0.530. The van der Waals surface area contributed by atoms with Crippen LogP contribution in [0.4, 0.5) is 0 Å².